The molecule has 0 unspecified atom stereocenters. The number of hydrogen-bond donors (Lipinski definition) is 1. The molecule has 0 aliphatic carbocycles. The zero-order chi connectivity index (χ0) is 26.4. The first kappa shape index (κ1) is 24.1. The average molecular weight is 519 g/mol. The number of ether oxygens (including phenoxy) is 1. The average Bonchev–Trinajstić information content (AvgIpc) is 3.54. The lowest BCUT2D eigenvalue weighted by atomic mass is 9.99. The van der Waals surface area contributed by atoms with Crippen LogP contribution in [-0.2, 0) is 18.3 Å². The van der Waals surface area contributed by atoms with Crippen molar-refractivity contribution in [2.75, 3.05) is 13.2 Å². The Morgan fingerprint density at radius 2 is 1.87 bits per heavy atom. The van der Waals surface area contributed by atoms with Crippen LogP contribution in [0.4, 0.5) is 8.78 Å². The number of rotatable bonds is 5. The van der Waals surface area contributed by atoms with E-state index in [2.05, 4.69) is 10.4 Å². The Bertz CT molecular complexity index is 1720. The molecule has 1 amide bonds. The summed E-state index contributed by atoms with van der Waals surface area (Å²) in [7, 11) is 1.78. The van der Waals surface area contributed by atoms with E-state index in [1.54, 1.807) is 30.1 Å². The van der Waals surface area contributed by atoms with E-state index >= 15 is 8.78 Å². The Morgan fingerprint density at radius 3 is 2.63 bits per heavy atom. The number of carbonyl (C=O) groups excluding carboxylic acids is 1. The van der Waals surface area contributed by atoms with E-state index in [9.17, 15) is 9.59 Å². The molecule has 2 aromatic carbocycles. The van der Waals surface area contributed by atoms with E-state index in [-0.39, 0.29) is 28.1 Å². The molecular weight excluding hydrogens is 494 g/mol. The lowest BCUT2D eigenvalue weighted by Crippen LogP contribution is -2.39. The fraction of sp³-hybridized carbons (Fsp3) is 0.250. The lowest BCUT2D eigenvalue weighted by Gasteiger charge is -2.23. The number of benzene rings is 2. The Hall–Kier alpha value is -4.31. The number of carbonyl (C=O) groups is 1. The van der Waals surface area contributed by atoms with Crippen molar-refractivity contribution in [3.8, 4) is 11.1 Å². The minimum atomic E-state index is -0.798. The molecule has 0 saturated carbocycles. The third-order valence-corrected chi connectivity index (χ3v) is 6.93. The molecule has 1 fully saturated rings. The van der Waals surface area contributed by atoms with Gasteiger partial charge in [-0.3, -0.25) is 14.3 Å². The van der Waals surface area contributed by atoms with Gasteiger partial charge < -0.3 is 19.0 Å². The van der Waals surface area contributed by atoms with Gasteiger partial charge in [0.15, 0.2) is 5.58 Å². The number of hydrogen-bond acceptors (Lipinski definition) is 5. The molecule has 1 saturated heterocycles. The molecule has 0 spiro atoms. The summed E-state index contributed by atoms with van der Waals surface area (Å²) in [5.41, 5.74) is 1.17. The number of aryl methyl sites for hydroxylation is 1. The monoisotopic (exact) mass is 518 g/mol. The fourth-order valence-electron chi connectivity index (χ4n) is 4.99. The first-order chi connectivity index (χ1) is 18.4. The Morgan fingerprint density at radius 1 is 1.11 bits per heavy atom. The predicted molar refractivity (Wildman–Crippen MR) is 137 cm³/mol. The molecule has 10 heteroatoms. The van der Waals surface area contributed by atoms with E-state index in [0.717, 1.165) is 9.95 Å². The summed E-state index contributed by atoms with van der Waals surface area (Å²) in [6.45, 7) is 0.696. The highest BCUT2D eigenvalue weighted by Crippen LogP contribution is 2.31. The van der Waals surface area contributed by atoms with E-state index < -0.39 is 29.6 Å². The highest BCUT2D eigenvalue weighted by molar-refractivity contribution is 6.04. The van der Waals surface area contributed by atoms with Crippen LogP contribution >= 0.6 is 0 Å². The van der Waals surface area contributed by atoms with Gasteiger partial charge in [-0.2, -0.15) is 5.10 Å². The largest absolute Gasteiger partial charge is 0.463 e. The fourth-order valence-corrected chi connectivity index (χ4v) is 4.99. The number of halogens is 2. The second kappa shape index (κ2) is 9.53. The molecule has 194 valence electrons. The standard InChI is InChI=1S/C28H24F2N4O4/c1-33-13-20-18(3-2-4-25(20)32-33)16-11-23(29)21(24(30)12-16)14-34-15-22(26-19(28(34)36)7-10-38-26)27(35)31-17-5-8-37-9-6-17/h2-4,7,10-13,15,17H,5-6,8-9,14H2,1H3,(H,31,35). The van der Waals surface area contributed by atoms with Crippen LogP contribution in [0.15, 0.2) is 64.3 Å². The van der Waals surface area contributed by atoms with Crippen LogP contribution in [0.25, 0.3) is 33.0 Å². The van der Waals surface area contributed by atoms with Crippen molar-refractivity contribution < 1.29 is 22.7 Å². The number of fused-ring (bicyclic) bond motifs is 2. The Balaban J connectivity index is 1.37. The molecule has 6 rings (SSSR count). The minimum Gasteiger partial charge on any atom is -0.463 e. The molecule has 1 aliphatic heterocycles. The van der Waals surface area contributed by atoms with Gasteiger partial charge in [-0.15, -0.1) is 0 Å². The van der Waals surface area contributed by atoms with Crippen LogP contribution < -0.4 is 10.9 Å². The van der Waals surface area contributed by atoms with Crippen molar-refractivity contribution in [3.63, 3.8) is 0 Å². The van der Waals surface area contributed by atoms with Crippen LogP contribution in [-0.4, -0.2) is 39.5 Å². The van der Waals surface area contributed by atoms with Crippen molar-refractivity contribution in [3.05, 3.63) is 88.2 Å². The van der Waals surface area contributed by atoms with Gasteiger partial charge in [0.1, 0.15) is 11.6 Å². The van der Waals surface area contributed by atoms with Crippen molar-refractivity contribution in [2.45, 2.75) is 25.4 Å². The molecule has 1 aliphatic rings. The van der Waals surface area contributed by atoms with Gasteiger partial charge in [0.05, 0.1) is 29.3 Å². The van der Waals surface area contributed by atoms with Crippen LogP contribution in [0.2, 0.25) is 0 Å². The summed E-state index contributed by atoms with van der Waals surface area (Å²) in [5, 5.41) is 8.22. The first-order valence-corrected chi connectivity index (χ1v) is 12.3. The summed E-state index contributed by atoms with van der Waals surface area (Å²) < 4.78 is 44.3. The topological polar surface area (TPSA) is 91.3 Å². The lowest BCUT2D eigenvalue weighted by molar-refractivity contribution is 0.0696. The third kappa shape index (κ3) is 4.26. The molecule has 0 radical (unpaired) electrons. The summed E-state index contributed by atoms with van der Waals surface area (Å²) in [6.07, 6.45) is 5.74. The number of furan rings is 1. The molecule has 4 heterocycles. The molecule has 0 atom stereocenters. The van der Waals surface area contributed by atoms with Crippen LogP contribution in [0, 0.1) is 11.6 Å². The normalized spacial score (nSPS) is 14.4. The first-order valence-electron chi connectivity index (χ1n) is 12.3. The van der Waals surface area contributed by atoms with Gasteiger partial charge in [0.2, 0.25) is 0 Å². The highest BCUT2D eigenvalue weighted by Gasteiger charge is 2.23. The van der Waals surface area contributed by atoms with Crippen molar-refractivity contribution in [1.82, 2.24) is 19.7 Å². The predicted octanol–water partition coefficient (Wildman–Crippen LogP) is 4.38. The van der Waals surface area contributed by atoms with Crippen molar-refractivity contribution >= 4 is 27.8 Å². The van der Waals surface area contributed by atoms with E-state index in [4.69, 9.17) is 9.15 Å². The summed E-state index contributed by atoms with van der Waals surface area (Å²) >= 11 is 0. The van der Waals surface area contributed by atoms with Gasteiger partial charge in [0, 0.05) is 49.6 Å². The van der Waals surface area contributed by atoms with Crippen LogP contribution in [0.5, 0.6) is 0 Å². The number of nitrogens with zero attached hydrogens (tertiary/aromatic N) is 3. The highest BCUT2D eigenvalue weighted by atomic mass is 19.1. The minimum absolute atomic E-state index is 0.0756. The van der Waals surface area contributed by atoms with Gasteiger partial charge in [-0.05, 0) is 48.2 Å². The maximum atomic E-state index is 15.4. The van der Waals surface area contributed by atoms with Crippen LogP contribution in [0.1, 0.15) is 28.8 Å². The second-order valence-electron chi connectivity index (χ2n) is 9.46. The Kier molecular flexibility index (Phi) is 6.03. The maximum absolute atomic E-state index is 15.4. The maximum Gasteiger partial charge on any atom is 0.262 e. The van der Waals surface area contributed by atoms with Crippen molar-refractivity contribution in [2.24, 2.45) is 7.05 Å². The molecule has 5 aromatic rings. The van der Waals surface area contributed by atoms with E-state index in [1.165, 1.54) is 30.7 Å². The summed E-state index contributed by atoms with van der Waals surface area (Å²) in [4.78, 5) is 26.2. The van der Waals surface area contributed by atoms with Gasteiger partial charge in [-0.25, -0.2) is 8.78 Å². The number of pyridine rings is 1. The summed E-state index contributed by atoms with van der Waals surface area (Å²) in [5.74, 6) is -2.02. The smallest absolute Gasteiger partial charge is 0.262 e. The number of aromatic nitrogens is 3. The van der Waals surface area contributed by atoms with E-state index in [0.29, 0.717) is 42.7 Å². The van der Waals surface area contributed by atoms with Crippen molar-refractivity contribution in [1.29, 1.82) is 0 Å². The second-order valence-corrected chi connectivity index (χ2v) is 9.46. The molecule has 1 N–H and O–H groups in total. The van der Waals surface area contributed by atoms with Gasteiger partial charge >= 0.3 is 0 Å². The molecule has 38 heavy (non-hydrogen) atoms. The quantitative estimate of drug-likeness (QED) is 0.373. The van der Waals surface area contributed by atoms with Gasteiger partial charge in [0.25, 0.3) is 11.5 Å². The van der Waals surface area contributed by atoms with Crippen LogP contribution in [0.3, 0.4) is 0 Å². The third-order valence-electron chi connectivity index (χ3n) is 6.93. The Labute approximate surface area is 215 Å². The molecule has 8 nitrogen and oxygen atoms in total. The van der Waals surface area contributed by atoms with Gasteiger partial charge in [-0.1, -0.05) is 12.1 Å². The zero-order valence-electron chi connectivity index (χ0n) is 20.5. The molecular formula is C28H24F2N4O4. The molecule has 0 bridgehead atoms. The summed E-state index contributed by atoms with van der Waals surface area (Å²) in [6, 6.07) is 9.26. The number of amides is 1. The van der Waals surface area contributed by atoms with E-state index in [1.807, 2.05) is 6.07 Å². The number of nitrogens with one attached hydrogen (secondary N) is 1. The SMILES string of the molecule is Cn1cc2c(-c3cc(F)c(Cn4cc(C(=O)NC5CCOCC5)c5occc5c4=O)c(F)c3)cccc2n1. The molecule has 3 aromatic heterocycles. The zero-order valence-corrected chi connectivity index (χ0v) is 20.5.